The minimum atomic E-state index is -0.123. The first-order chi connectivity index (χ1) is 13.2. The lowest BCUT2D eigenvalue weighted by atomic mass is 10.2. The number of rotatable bonds is 4. The molecule has 142 valence electrons. The first kappa shape index (κ1) is 17.2. The van der Waals surface area contributed by atoms with E-state index in [4.69, 9.17) is 9.47 Å². The van der Waals surface area contributed by atoms with Gasteiger partial charge in [-0.05, 0) is 31.2 Å². The molecule has 9 nitrogen and oxygen atoms in total. The number of carbonyl (C=O) groups excluding carboxylic acids is 1. The molecular weight excluding hydrogens is 348 g/mol. The second kappa shape index (κ2) is 7.56. The largest absolute Gasteiger partial charge is 0.454 e. The number of piperazine rings is 1. The van der Waals surface area contributed by atoms with Crippen LogP contribution in [-0.4, -0.2) is 60.6 Å². The molecule has 4 rings (SSSR count). The van der Waals surface area contributed by atoms with Gasteiger partial charge in [-0.25, -0.2) is 4.79 Å². The lowest BCUT2D eigenvalue weighted by Crippen LogP contribution is -2.50. The van der Waals surface area contributed by atoms with Crippen LogP contribution >= 0.6 is 0 Å². The SMILES string of the molecule is CCNc1ccc(N2CCN(C(=O)Nc3ccc4c(c3)OCO4)CC2)nn1. The number of benzene rings is 1. The van der Waals surface area contributed by atoms with E-state index in [0.29, 0.717) is 43.4 Å². The summed E-state index contributed by atoms with van der Waals surface area (Å²) < 4.78 is 10.6. The van der Waals surface area contributed by atoms with Crippen LogP contribution in [-0.2, 0) is 0 Å². The lowest BCUT2D eigenvalue weighted by Gasteiger charge is -2.35. The summed E-state index contributed by atoms with van der Waals surface area (Å²) in [5.74, 6) is 2.94. The van der Waals surface area contributed by atoms with E-state index < -0.39 is 0 Å². The molecule has 2 aliphatic rings. The fraction of sp³-hybridized carbons (Fsp3) is 0.389. The number of hydrogen-bond acceptors (Lipinski definition) is 7. The zero-order chi connectivity index (χ0) is 18.6. The van der Waals surface area contributed by atoms with Gasteiger partial charge in [-0.3, -0.25) is 0 Å². The van der Waals surface area contributed by atoms with Crippen molar-refractivity contribution >= 4 is 23.4 Å². The van der Waals surface area contributed by atoms with Gasteiger partial charge < -0.3 is 29.9 Å². The standard InChI is InChI=1S/C18H22N6O3/c1-2-19-16-5-6-17(22-21-16)23-7-9-24(10-8-23)18(25)20-13-3-4-14-15(11-13)27-12-26-14/h3-6,11H,2,7-10,12H2,1H3,(H,19,21)(H,20,25). The molecule has 1 saturated heterocycles. The van der Waals surface area contributed by atoms with Crippen LogP contribution in [0.4, 0.5) is 22.1 Å². The van der Waals surface area contributed by atoms with Gasteiger partial charge in [0.15, 0.2) is 17.3 Å². The number of nitrogens with one attached hydrogen (secondary N) is 2. The molecule has 0 radical (unpaired) electrons. The van der Waals surface area contributed by atoms with E-state index >= 15 is 0 Å². The Hall–Kier alpha value is -3.23. The van der Waals surface area contributed by atoms with Crippen molar-refractivity contribution in [1.82, 2.24) is 15.1 Å². The molecule has 0 aliphatic carbocycles. The highest BCUT2D eigenvalue weighted by atomic mass is 16.7. The topological polar surface area (TPSA) is 91.9 Å². The number of carbonyl (C=O) groups is 1. The van der Waals surface area contributed by atoms with Gasteiger partial charge in [-0.2, -0.15) is 0 Å². The Morgan fingerprint density at radius 1 is 1.07 bits per heavy atom. The average Bonchev–Trinajstić information content (AvgIpc) is 3.17. The van der Waals surface area contributed by atoms with Crippen molar-refractivity contribution < 1.29 is 14.3 Å². The summed E-state index contributed by atoms with van der Waals surface area (Å²) in [6, 6.07) is 9.13. The molecule has 0 saturated carbocycles. The van der Waals surface area contributed by atoms with Crippen LogP contribution < -0.4 is 25.0 Å². The van der Waals surface area contributed by atoms with Crippen LogP contribution in [0.3, 0.4) is 0 Å². The van der Waals surface area contributed by atoms with Crippen LogP contribution in [0.25, 0.3) is 0 Å². The van der Waals surface area contributed by atoms with Crippen molar-refractivity contribution in [3.05, 3.63) is 30.3 Å². The molecule has 27 heavy (non-hydrogen) atoms. The highest BCUT2D eigenvalue weighted by molar-refractivity contribution is 5.90. The molecule has 2 amide bonds. The number of urea groups is 1. The molecular formula is C18H22N6O3. The highest BCUT2D eigenvalue weighted by Gasteiger charge is 2.23. The van der Waals surface area contributed by atoms with Gasteiger partial charge >= 0.3 is 6.03 Å². The van der Waals surface area contributed by atoms with Crippen LogP contribution in [0.15, 0.2) is 30.3 Å². The van der Waals surface area contributed by atoms with E-state index in [1.54, 1.807) is 17.0 Å². The minimum Gasteiger partial charge on any atom is -0.454 e. The molecule has 2 N–H and O–H groups in total. The Morgan fingerprint density at radius 3 is 2.63 bits per heavy atom. The first-order valence-electron chi connectivity index (χ1n) is 9.01. The number of amides is 2. The van der Waals surface area contributed by atoms with Crippen molar-refractivity contribution in [3.8, 4) is 11.5 Å². The fourth-order valence-electron chi connectivity index (χ4n) is 3.08. The summed E-state index contributed by atoms with van der Waals surface area (Å²) in [7, 11) is 0. The number of anilines is 3. The van der Waals surface area contributed by atoms with Crippen molar-refractivity contribution in [2.24, 2.45) is 0 Å². The number of fused-ring (bicyclic) bond motifs is 1. The molecule has 1 aromatic heterocycles. The van der Waals surface area contributed by atoms with Crippen LogP contribution in [0.2, 0.25) is 0 Å². The Bertz CT molecular complexity index is 805. The van der Waals surface area contributed by atoms with Crippen LogP contribution in [0, 0.1) is 0 Å². The maximum absolute atomic E-state index is 12.5. The van der Waals surface area contributed by atoms with Crippen LogP contribution in [0.5, 0.6) is 11.5 Å². The molecule has 9 heteroatoms. The van der Waals surface area contributed by atoms with Crippen molar-refractivity contribution in [2.45, 2.75) is 6.92 Å². The maximum atomic E-state index is 12.5. The van der Waals surface area contributed by atoms with E-state index in [-0.39, 0.29) is 12.8 Å². The van der Waals surface area contributed by atoms with Crippen molar-refractivity contribution in [1.29, 1.82) is 0 Å². The summed E-state index contributed by atoms with van der Waals surface area (Å²) >= 11 is 0. The van der Waals surface area contributed by atoms with Gasteiger partial charge in [0.25, 0.3) is 0 Å². The maximum Gasteiger partial charge on any atom is 0.321 e. The summed E-state index contributed by atoms with van der Waals surface area (Å²) in [4.78, 5) is 16.4. The van der Waals surface area contributed by atoms with Gasteiger partial charge in [-0.15, -0.1) is 10.2 Å². The van der Waals surface area contributed by atoms with Gasteiger partial charge in [0.05, 0.1) is 0 Å². The summed E-state index contributed by atoms with van der Waals surface area (Å²) in [5, 5.41) is 14.5. The Morgan fingerprint density at radius 2 is 1.89 bits per heavy atom. The molecule has 0 bridgehead atoms. The predicted octanol–water partition coefficient (Wildman–Crippen LogP) is 1.99. The van der Waals surface area contributed by atoms with Crippen molar-refractivity contribution in [2.75, 3.05) is 55.1 Å². The molecule has 0 atom stereocenters. The minimum absolute atomic E-state index is 0.123. The zero-order valence-electron chi connectivity index (χ0n) is 15.1. The van der Waals surface area contributed by atoms with E-state index in [1.165, 1.54) is 0 Å². The second-order valence-electron chi connectivity index (χ2n) is 6.28. The van der Waals surface area contributed by atoms with Crippen molar-refractivity contribution in [3.63, 3.8) is 0 Å². The summed E-state index contributed by atoms with van der Waals surface area (Å²) in [6.07, 6.45) is 0. The lowest BCUT2D eigenvalue weighted by molar-refractivity contribution is 0.174. The van der Waals surface area contributed by atoms with E-state index in [0.717, 1.165) is 18.2 Å². The molecule has 1 aromatic carbocycles. The smallest absolute Gasteiger partial charge is 0.321 e. The van der Waals surface area contributed by atoms with Crippen LogP contribution in [0.1, 0.15) is 6.92 Å². The molecule has 1 fully saturated rings. The van der Waals surface area contributed by atoms with E-state index in [9.17, 15) is 4.79 Å². The molecule has 0 unspecified atom stereocenters. The average molecular weight is 370 g/mol. The predicted molar refractivity (Wildman–Crippen MR) is 102 cm³/mol. The quantitative estimate of drug-likeness (QED) is 0.850. The zero-order valence-corrected chi connectivity index (χ0v) is 15.1. The normalized spacial score (nSPS) is 15.6. The fourth-order valence-corrected chi connectivity index (χ4v) is 3.08. The number of ether oxygens (including phenoxy) is 2. The van der Waals surface area contributed by atoms with E-state index in [2.05, 4.69) is 25.7 Å². The third-order valence-electron chi connectivity index (χ3n) is 4.52. The molecule has 0 spiro atoms. The number of nitrogens with zero attached hydrogens (tertiary/aromatic N) is 4. The summed E-state index contributed by atoms with van der Waals surface area (Å²) in [6.45, 7) is 5.70. The second-order valence-corrected chi connectivity index (χ2v) is 6.28. The van der Waals surface area contributed by atoms with E-state index in [1.807, 2.05) is 25.1 Å². The molecule has 2 aromatic rings. The third kappa shape index (κ3) is 3.81. The number of aromatic nitrogens is 2. The van der Waals surface area contributed by atoms with Gasteiger partial charge in [-0.1, -0.05) is 0 Å². The van der Waals surface area contributed by atoms with Gasteiger partial charge in [0.1, 0.15) is 5.82 Å². The highest BCUT2D eigenvalue weighted by Crippen LogP contribution is 2.34. The molecule has 2 aliphatic heterocycles. The Labute approximate surface area is 157 Å². The summed E-state index contributed by atoms with van der Waals surface area (Å²) in [5.41, 5.74) is 0.691. The van der Waals surface area contributed by atoms with Gasteiger partial charge in [0.2, 0.25) is 6.79 Å². The van der Waals surface area contributed by atoms with Gasteiger partial charge in [0, 0.05) is 44.5 Å². The third-order valence-corrected chi connectivity index (χ3v) is 4.52. The Kier molecular flexibility index (Phi) is 4.82. The number of hydrogen-bond donors (Lipinski definition) is 2. The first-order valence-corrected chi connectivity index (χ1v) is 9.01. The Balaban J connectivity index is 1.31. The molecule has 3 heterocycles. The monoisotopic (exact) mass is 370 g/mol.